The molecule has 0 amide bonds. The Morgan fingerprint density at radius 3 is 2.73 bits per heavy atom. The number of anilines is 2. The van der Waals surface area contributed by atoms with Crippen molar-refractivity contribution in [3.8, 4) is 0 Å². The molecule has 2 nitrogen and oxygen atoms in total. The maximum Gasteiger partial charge on any atom is 0.0392 e. The summed E-state index contributed by atoms with van der Waals surface area (Å²) in [4.78, 5) is 0. The van der Waals surface area contributed by atoms with Gasteiger partial charge in [-0.1, -0.05) is 12.5 Å². The summed E-state index contributed by atoms with van der Waals surface area (Å²) in [5, 5.41) is 3.57. The summed E-state index contributed by atoms with van der Waals surface area (Å²) in [6.07, 6.45) is 4.14. The molecule has 15 heavy (non-hydrogen) atoms. The number of nitrogen functional groups attached to an aromatic ring is 1. The van der Waals surface area contributed by atoms with E-state index in [4.69, 9.17) is 5.73 Å². The summed E-state index contributed by atoms with van der Waals surface area (Å²) in [5.74, 6) is 0.853. The normalized spacial score (nSPS) is 18.3. The highest BCUT2D eigenvalue weighted by Crippen LogP contribution is 2.31. The van der Waals surface area contributed by atoms with Crippen LogP contribution in [0.4, 0.5) is 11.4 Å². The molecule has 1 aromatic rings. The zero-order chi connectivity index (χ0) is 10.8. The molecule has 1 atom stereocenters. The molecule has 0 heterocycles. The van der Waals surface area contributed by atoms with Crippen molar-refractivity contribution in [1.82, 2.24) is 0 Å². The lowest BCUT2D eigenvalue weighted by Gasteiger charge is -2.33. The Labute approximate surface area is 91.9 Å². The van der Waals surface area contributed by atoms with Gasteiger partial charge >= 0.3 is 0 Å². The number of hydrogen-bond acceptors (Lipinski definition) is 2. The second-order valence-electron chi connectivity index (χ2n) is 4.70. The van der Waals surface area contributed by atoms with Gasteiger partial charge in [0.15, 0.2) is 0 Å². The van der Waals surface area contributed by atoms with E-state index >= 15 is 0 Å². The van der Waals surface area contributed by atoms with Crippen LogP contribution in [0.5, 0.6) is 0 Å². The molecule has 2 rings (SSSR count). The summed E-state index contributed by atoms with van der Waals surface area (Å²) in [7, 11) is 0. The van der Waals surface area contributed by atoms with E-state index in [0.717, 1.165) is 11.6 Å². The van der Waals surface area contributed by atoms with Crippen LogP contribution in [0.1, 0.15) is 31.7 Å². The summed E-state index contributed by atoms with van der Waals surface area (Å²) in [5.41, 5.74) is 9.09. The highest BCUT2D eigenvalue weighted by atomic mass is 14.9. The molecule has 0 radical (unpaired) electrons. The molecule has 0 aliphatic heterocycles. The topological polar surface area (TPSA) is 38.0 Å². The van der Waals surface area contributed by atoms with Gasteiger partial charge in [-0.15, -0.1) is 0 Å². The van der Waals surface area contributed by atoms with Gasteiger partial charge in [0.25, 0.3) is 0 Å². The molecule has 0 saturated heterocycles. The van der Waals surface area contributed by atoms with Crippen LogP contribution < -0.4 is 11.1 Å². The minimum Gasteiger partial charge on any atom is -0.399 e. The fourth-order valence-electron chi connectivity index (χ4n) is 2.10. The Morgan fingerprint density at radius 1 is 1.40 bits per heavy atom. The molecule has 1 fully saturated rings. The Hall–Kier alpha value is -1.18. The van der Waals surface area contributed by atoms with E-state index in [-0.39, 0.29) is 0 Å². The largest absolute Gasteiger partial charge is 0.399 e. The average molecular weight is 204 g/mol. The highest BCUT2D eigenvalue weighted by Gasteiger charge is 2.23. The van der Waals surface area contributed by atoms with Crippen molar-refractivity contribution in [1.29, 1.82) is 0 Å². The maximum absolute atomic E-state index is 5.79. The molecule has 2 heteroatoms. The molecule has 0 bridgehead atoms. The summed E-state index contributed by atoms with van der Waals surface area (Å²) >= 11 is 0. The van der Waals surface area contributed by atoms with E-state index in [0.29, 0.717) is 6.04 Å². The lowest BCUT2D eigenvalue weighted by molar-refractivity contribution is 0.285. The SMILES string of the molecule is Cc1ccc(N)cc1NC(C)C1CCC1. The van der Waals surface area contributed by atoms with Gasteiger partial charge in [0.05, 0.1) is 0 Å². The third kappa shape index (κ3) is 2.25. The van der Waals surface area contributed by atoms with Crippen molar-refractivity contribution in [3.63, 3.8) is 0 Å². The predicted molar refractivity (Wildman–Crippen MR) is 66.0 cm³/mol. The van der Waals surface area contributed by atoms with Crippen LogP contribution in [0, 0.1) is 12.8 Å². The van der Waals surface area contributed by atoms with Gasteiger partial charge in [0.1, 0.15) is 0 Å². The van der Waals surface area contributed by atoms with Crippen molar-refractivity contribution >= 4 is 11.4 Å². The number of hydrogen-bond donors (Lipinski definition) is 2. The van der Waals surface area contributed by atoms with Gasteiger partial charge < -0.3 is 11.1 Å². The van der Waals surface area contributed by atoms with Crippen LogP contribution in [-0.4, -0.2) is 6.04 Å². The molecule has 1 aromatic carbocycles. The quantitative estimate of drug-likeness (QED) is 0.742. The van der Waals surface area contributed by atoms with Crippen molar-refractivity contribution in [2.45, 2.75) is 39.2 Å². The predicted octanol–water partition coefficient (Wildman–Crippen LogP) is 3.18. The minimum atomic E-state index is 0.569. The Kier molecular flexibility index (Phi) is 2.85. The van der Waals surface area contributed by atoms with Crippen LogP contribution in [0.2, 0.25) is 0 Å². The first kappa shape index (κ1) is 10.3. The minimum absolute atomic E-state index is 0.569. The molecule has 82 valence electrons. The first-order valence-electron chi connectivity index (χ1n) is 5.79. The van der Waals surface area contributed by atoms with Gasteiger partial charge in [-0.05, 0) is 50.3 Å². The summed E-state index contributed by atoms with van der Waals surface area (Å²) in [6.45, 7) is 4.39. The Balaban J connectivity index is 2.05. The molecular formula is C13H20N2. The van der Waals surface area contributed by atoms with E-state index in [1.54, 1.807) is 0 Å². The van der Waals surface area contributed by atoms with E-state index in [9.17, 15) is 0 Å². The van der Waals surface area contributed by atoms with Gasteiger partial charge in [-0.3, -0.25) is 0 Å². The number of nitrogens with two attached hydrogens (primary N) is 1. The smallest absolute Gasteiger partial charge is 0.0392 e. The molecule has 1 unspecified atom stereocenters. The van der Waals surface area contributed by atoms with Gasteiger partial charge in [0, 0.05) is 17.4 Å². The average Bonchev–Trinajstić information content (AvgIpc) is 2.08. The first-order chi connectivity index (χ1) is 7.16. The van der Waals surface area contributed by atoms with Gasteiger partial charge in [0.2, 0.25) is 0 Å². The summed E-state index contributed by atoms with van der Waals surface area (Å²) < 4.78 is 0. The number of benzene rings is 1. The second-order valence-corrected chi connectivity index (χ2v) is 4.70. The van der Waals surface area contributed by atoms with Crippen LogP contribution in [0.3, 0.4) is 0 Å². The summed E-state index contributed by atoms with van der Waals surface area (Å²) in [6, 6.07) is 6.63. The molecular weight excluding hydrogens is 184 g/mol. The van der Waals surface area contributed by atoms with E-state index in [2.05, 4.69) is 25.2 Å². The third-order valence-corrected chi connectivity index (χ3v) is 3.50. The number of nitrogens with one attached hydrogen (secondary N) is 1. The van der Waals surface area contributed by atoms with E-state index in [1.807, 2.05) is 12.1 Å². The third-order valence-electron chi connectivity index (χ3n) is 3.50. The lowest BCUT2D eigenvalue weighted by atomic mass is 9.80. The van der Waals surface area contributed by atoms with Crippen LogP contribution in [-0.2, 0) is 0 Å². The van der Waals surface area contributed by atoms with Crippen molar-refractivity contribution in [3.05, 3.63) is 23.8 Å². The molecule has 1 aliphatic carbocycles. The molecule has 1 saturated carbocycles. The molecule has 0 aromatic heterocycles. The monoisotopic (exact) mass is 204 g/mol. The van der Waals surface area contributed by atoms with Gasteiger partial charge in [-0.2, -0.15) is 0 Å². The zero-order valence-electron chi connectivity index (χ0n) is 9.59. The van der Waals surface area contributed by atoms with Crippen LogP contribution in [0.15, 0.2) is 18.2 Å². The lowest BCUT2D eigenvalue weighted by Crippen LogP contribution is -2.31. The van der Waals surface area contributed by atoms with Crippen molar-refractivity contribution < 1.29 is 0 Å². The van der Waals surface area contributed by atoms with E-state index in [1.165, 1.54) is 30.5 Å². The van der Waals surface area contributed by atoms with Crippen molar-refractivity contribution in [2.24, 2.45) is 5.92 Å². The second kappa shape index (κ2) is 4.13. The first-order valence-corrected chi connectivity index (χ1v) is 5.79. The van der Waals surface area contributed by atoms with E-state index < -0.39 is 0 Å². The highest BCUT2D eigenvalue weighted by molar-refractivity contribution is 5.59. The van der Waals surface area contributed by atoms with Gasteiger partial charge in [-0.25, -0.2) is 0 Å². The molecule has 1 aliphatic rings. The molecule has 3 N–H and O–H groups in total. The standard InChI is InChI=1S/C13H20N2/c1-9-6-7-12(14)8-13(9)15-10(2)11-4-3-5-11/h6-8,10-11,15H,3-5,14H2,1-2H3. The number of aryl methyl sites for hydroxylation is 1. The van der Waals surface area contributed by atoms with Crippen LogP contribution in [0.25, 0.3) is 0 Å². The fourth-order valence-corrected chi connectivity index (χ4v) is 2.10. The Morgan fingerprint density at radius 2 is 2.13 bits per heavy atom. The van der Waals surface area contributed by atoms with Crippen LogP contribution >= 0.6 is 0 Å². The fraction of sp³-hybridized carbons (Fsp3) is 0.538. The maximum atomic E-state index is 5.79. The zero-order valence-corrected chi connectivity index (χ0v) is 9.59. The number of rotatable bonds is 3. The Bertz CT molecular complexity index is 342. The van der Waals surface area contributed by atoms with Crippen molar-refractivity contribution in [2.75, 3.05) is 11.1 Å². The molecule has 0 spiro atoms.